The lowest BCUT2D eigenvalue weighted by atomic mass is 9.96. The number of nitrogens with one attached hydrogen (secondary N) is 2. The maximum Gasteiger partial charge on any atom is 0.458 e. The molecule has 3 aliphatic heterocycles. The van der Waals surface area contributed by atoms with E-state index >= 15 is 0 Å². The number of carbonyl (C=O) groups excluding carboxylic acids is 4. The van der Waals surface area contributed by atoms with E-state index in [1.807, 2.05) is 85.3 Å². The second-order valence-corrected chi connectivity index (χ2v) is 36.2. The number of ether oxygens (including phenoxy) is 3. The molecule has 2 amide bonds. The van der Waals surface area contributed by atoms with Crippen molar-refractivity contribution in [2.24, 2.45) is 23.5 Å². The quantitative estimate of drug-likeness (QED) is 0.0220. The van der Waals surface area contributed by atoms with Gasteiger partial charge in [0.05, 0.1) is 55.7 Å². The van der Waals surface area contributed by atoms with Gasteiger partial charge in [0, 0.05) is 167 Å². The summed E-state index contributed by atoms with van der Waals surface area (Å²) in [6.07, 6.45) is 5.98. The molecular weight excluding hydrogens is 1790 g/mol. The Morgan fingerprint density at radius 1 is 0.416 bits per heavy atom. The summed E-state index contributed by atoms with van der Waals surface area (Å²) in [5, 5.41) is 14.8. The molecule has 6 aromatic rings. The van der Waals surface area contributed by atoms with Crippen molar-refractivity contribution in [3.8, 4) is 17.2 Å². The van der Waals surface area contributed by atoms with Gasteiger partial charge in [-0.2, -0.15) is 39.3 Å². The molecule has 5 N–H and O–H groups in total. The molecule has 3 aliphatic rings. The number of ketones is 2. The van der Waals surface area contributed by atoms with Crippen LogP contribution in [0.25, 0.3) is 0 Å². The zero-order valence-corrected chi connectivity index (χ0v) is 79.0. The summed E-state index contributed by atoms with van der Waals surface area (Å²) in [6.45, 7) is 21.2. The number of alkyl halides is 6. The summed E-state index contributed by atoms with van der Waals surface area (Å²) in [6, 6.07) is 22.5. The topological polar surface area (TPSA) is 354 Å². The first-order chi connectivity index (χ1) is 56.8. The molecular formula is C82H123Cl4F6N15O15S3. The standard InChI is InChI=1S/2C26H39N5O4S.C15H24N2O5S.C11H17N3.C4F6O2.4ClH/c2*1-20-16-24(35-5)17-21(2)26(20)36(33,34)30(4)15-14-29(3)19-25(32)28-18-22-8-12-31(13-9-22)23-6-10-27-11-7-23;1-11-8-13(22-5)9-12(2)15(11)23(20,21)17(4)7-6-16(3)10-14(18)19;12-9-10-3-7-14(8-4-10)11-1-5-13-6-2-11;5-3(6,7)1(11)2(12)4(8,9)10;;;;/h2*6-7,10-11,16-17,22H,8-9,12-15,18-19H2,1-5H3,(H,28,32);8-9H,6-7,10H2,1-5H3,(H,18,19);1-2,5-6,10H,3-4,7-9,12H2;;4*1H. The number of aryl methyl sites for hydroxylation is 6. The van der Waals surface area contributed by atoms with Gasteiger partial charge in [0.25, 0.3) is 0 Å². The Morgan fingerprint density at radius 2 is 0.640 bits per heavy atom. The normalized spacial score (nSPS) is 14.1. The minimum absolute atomic E-state index is 0. The molecule has 3 fully saturated rings. The number of carbonyl (C=O) groups is 5. The third kappa shape index (κ3) is 36.6. The summed E-state index contributed by atoms with van der Waals surface area (Å²) in [5.74, 6) is -4.30. The Bertz CT molecular complexity index is 4420. The maximum atomic E-state index is 13.2. The summed E-state index contributed by atoms with van der Waals surface area (Å²) >= 11 is 0. The van der Waals surface area contributed by atoms with E-state index in [0.29, 0.717) is 105 Å². The van der Waals surface area contributed by atoms with Gasteiger partial charge in [0.2, 0.25) is 41.9 Å². The van der Waals surface area contributed by atoms with Gasteiger partial charge in [-0.25, -0.2) is 25.3 Å². The molecule has 0 radical (unpaired) electrons. The largest absolute Gasteiger partial charge is 0.497 e. The van der Waals surface area contributed by atoms with Crippen LogP contribution in [0.4, 0.5) is 43.4 Å². The maximum absolute atomic E-state index is 13.2. The zero-order chi connectivity index (χ0) is 90.3. The number of hydrogen-bond acceptors (Lipinski definition) is 24. The molecule has 0 aliphatic carbocycles. The van der Waals surface area contributed by atoms with Crippen molar-refractivity contribution in [3.63, 3.8) is 0 Å². The average Bonchev–Trinajstić information content (AvgIpc) is 0.790. The smallest absolute Gasteiger partial charge is 0.458 e. The van der Waals surface area contributed by atoms with E-state index in [1.165, 1.54) is 57.0 Å². The first-order valence-electron chi connectivity index (χ1n) is 39.3. The number of halogens is 10. The van der Waals surface area contributed by atoms with E-state index in [9.17, 15) is 75.6 Å². The average molecular weight is 1910 g/mol. The number of hydrogen-bond donors (Lipinski definition) is 4. The number of Topliss-reactive ketones (excluding diaryl/α,β-unsaturated/α-hetero) is 2. The van der Waals surface area contributed by atoms with E-state index < -0.39 is 60.0 Å². The molecule has 125 heavy (non-hydrogen) atoms. The predicted octanol–water partition coefficient (Wildman–Crippen LogP) is 9.73. The van der Waals surface area contributed by atoms with E-state index in [4.69, 9.17) is 25.1 Å². The third-order valence-corrected chi connectivity index (χ3v) is 27.3. The van der Waals surface area contributed by atoms with Crippen molar-refractivity contribution < 1.29 is 94.9 Å². The number of benzene rings is 3. The highest BCUT2D eigenvalue weighted by Crippen LogP contribution is 2.33. The molecule has 30 nitrogen and oxygen atoms in total. The number of methoxy groups -OCH3 is 3. The number of pyridine rings is 3. The van der Waals surface area contributed by atoms with Gasteiger partial charge in [-0.15, -0.1) is 49.6 Å². The number of likely N-dealkylation sites (N-methyl/N-ethyl adjacent to an activating group) is 6. The third-order valence-electron chi connectivity index (χ3n) is 20.8. The number of anilines is 3. The summed E-state index contributed by atoms with van der Waals surface area (Å²) in [5.41, 5.74) is 13.2. The van der Waals surface area contributed by atoms with Crippen molar-refractivity contribution in [2.75, 3.05) is 196 Å². The lowest BCUT2D eigenvalue weighted by Crippen LogP contribution is -2.43. The highest BCUT2D eigenvalue weighted by Gasteiger charge is 2.54. The lowest BCUT2D eigenvalue weighted by Gasteiger charge is -2.33. The van der Waals surface area contributed by atoms with Crippen molar-refractivity contribution in [3.05, 3.63) is 143 Å². The van der Waals surface area contributed by atoms with Gasteiger partial charge in [-0.1, -0.05) is 0 Å². The molecule has 6 heterocycles. The second-order valence-electron chi connectivity index (χ2n) is 30.3. The van der Waals surface area contributed by atoms with Crippen molar-refractivity contribution in [1.82, 2.24) is 53.2 Å². The summed E-state index contributed by atoms with van der Waals surface area (Å²) in [4.78, 5) is 80.3. The predicted molar refractivity (Wildman–Crippen MR) is 481 cm³/mol. The van der Waals surface area contributed by atoms with Crippen molar-refractivity contribution in [2.45, 2.75) is 107 Å². The molecule has 9 rings (SSSR count). The number of aliphatic carboxylic acids is 1. The number of amides is 2. The van der Waals surface area contributed by atoms with Crippen LogP contribution >= 0.6 is 49.6 Å². The van der Waals surface area contributed by atoms with Crippen LogP contribution in [0, 0.1) is 59.3 Å². The highest BCUT2D eigenvalue weighted by atomic mass is 35.5. The Morgan fingerprint density at radius 3 is 0.848 bits per heavy atom. The molecule has 0 unspecified atom stereocenters. The molecule has 704 valence electrons. The van der Waals surface area contributed by atoms with Crippen molar-refractivity contribution >= 4 is 126 Å². The van der Waals surface area contributed by atoms with Crippen LogP contribution in [-0.2, 0) is 54.0 Å². The molecule has 3 aromatic heterocycles. The number of carboxylic acid groups (broad SMARTS) is 1. The first-order valence-corrected chi connectivity index (χ1v) is 43.6. The fourth-order valence-electron chi connectivity index (χ4n) is 13.8. The number of carboxylic acids is 1. The minimum atomic E-state index is -5.77. The van der Waals surface area contributed by atoms with Gasteiger partial charge in [-0.05, 0) is 232 Å². The fraction of sp³-hybridized carbons (Fsp3) is 0.537. The Balaban J connectivity index is 0.000000820. The fourth-order valence-corrected chi connectivity index (χ4v) is 18.5. The molecule has 0 bridgehead atoms. The number of piperidine rings is 3. The number of rotatable bonds is 33. The molecule has 0 atom stereocenters. The molecule has 0 spiro atoms. The first kappa shape index (κ1) is 115. The molecule has 3 saturated heterocycles. The number of aromatic nitrogens is 3. The van der Waals surface area contributed by atoms with Crippen molar-refractivity contribution in [1.29, 1.82) is 0 Å². The highest BCUT2D eigenvalue weighted by molar-refractivity contribution is 7.89. The summed E-state index contributed by atoms with van der Waals surface area (Å²) in [7, 11) is 3.64. The van der Waals surface area contributed by atoms with E-state index in [0.717, 1.165) is 77.4 Å². The Kier molecular flexibility index (Phi) is 50.0. The van der Waals surface area contributed by atoms with E-state index in [1.54, 1.807) is 118 Å². The van der Waals surface area contributed by atoms with E-state index in [-0.39, 0.29) is 106 Å². The summed E-state index contributed by atoms with van der Waals surface area (Å²) < 4.78 is 165. The molecule has 43 heteroatoms. The van der Waals surface area contributed by atoms with Gasteiger partial charge < -0.3 is 50.4 Å². The Hall–Kier alpha value is -8.03. The van der Waals surface area contributed by atoms with Crippen LogP contribution in [0.15, 0.2) is 125 Å². The van der Waals surface area contributed by atoms with Crippen LogP contribution in [0.1, 0.15) is 71.9 Å². The van der Waals surface area contributed by atoms with E-state index in [2.05, 4.69) is 52.4 Å². The van der Waals surface area contributed by atoms with Gasteiger partial charge >= 0.3 is 29.9 Å². The van der Waals surface area contributed by atoms with Crippen LogP contribution in [0.3, 0.4) is 0 Å². The lowest BCUT2D eigenvalue weighted by molar-refractivity contribution is -0.193. The number of nitrogens with zero attached hydrogens (tertiary/aromatic N) is 12. The number of sulfonamides is 3. The molecule has 0 saturated carbocycles. The zero-order valence-electron chi connectivity index (χ0n) is 73.3. The van der Waals surface area contributed by atoms with Crippen LogP contribution < -0.4 is 45.3 Å². The van der Waals surface area contributed by atoms with Gasteiger partial charge in [0.1, 0.15) is 17.2 Å². The second kappa shape index (κ2) is 54.3. The van der Waals surface area contributed by atoms with Gasteiger partial charge in [0.15, 0.2) is 0 Å². The molecule has 3 aromatic carbocycles. The van der Waals surface area contributed by atoms with Gasteiger partial charge in [-0.3, -0.25) is 53.6 Å². The number of nitrogens with two attached hydrogens (primary N) is 1. The Labute approximate surface area is 756 Å². The van der Waals surface area contributed by atoms with Crippen LogP contribution in [0.5, 0.6) is 17.2 Å². The van der Waals surface area contributed by atoms with Crippen LogP contribution in [0.2, 0.25) is 0 Å². The monoisotopic (exact) mass is 1910 g/mol. The van der Waals surface area contributed by atoms with Crippen LogP contribution in [-0.4, -0.2) is 296 Å². The SMILES string of the molecule is COc1cc(C)c(S(=O)(=O)N(C)CCN(C)CC(=O)NCC2CCN(c3ccncc3)CC2)c(C)c1.COc1cc(C)c(S(=O)(=O)N(C)CCN(C)CC(=O)NCC2CCN(c3ccncc3)CC2)c(C)c1.COc1cc(C)c(S(=O)(=O)N(C)CCN(C)CC(=O)O)c(C)c1.Cl.Cl.Cl.Cl.NCC1CCN(c2ccncc2)CC1.O=C(C(=O)C(F)(F)F)C(F)(F)F. The minimum Gasteiger partial charge on any atom is -0.497 e.